The van der Waals surface area contributed by atoms with Crippen molar-refractivity contribution in [3.63, 3.8) is 0 Å². The first kappa shape index (κ1) is 28.4. The molecule has 0 heterocycles. The first-order valence-corrected chi connectivity index (χ1v) is 11.2. The molecule has 0 spiro atoms. The van der Waals surface area contributed by atoms with Gasteiger partial charge < -0.3 is 24.3 Å². The number of hydrogen-bond acceptors (Lipinski definition) is 6. The summed E-state index contributed by atoms with van der Waals surface area (Å²) in [6.45, 7) is 17.2. The lowest BCUT2D eigenvalue weighted by atomic mass is 10.1. The van der Waals surface area contributed by atoms with E-state index in [1.54, 1.807) is 6.92 Å². The van der Waals surface area contributed by atoms with E-state index in [0.29, 0.717) is 24.7 Å². The molecule has 2 unspecified atom stereocenters. The lowest BCUT2D eigenvalue weighted by Gasteiger charge is -2.10. The number of hydrogen-bond donors (Lipinski definition) is 1. The standard InChI is InChI=1S/C14H25NO5.C9H18O/c1-5-12(4)10-18-8-9-20-14(17)15-6-7-19-13(16)11(2)3;1-3-8(2)6-10-7-9-4-5-9/h12H,2,5-10H2,1,3-4H3,(H,15,17);8-9H,3-7H2,1-2H3. The van der Waals surface area contributed by atoms with Crippen LogP contribution in [0.4, 0.5) is 4.79 Å². The number of alkyl carbamates (subject to hydrolysis) is 1. The van der Waals surface area contributed by atoms with Gasteiger partial charge in [0.15, 0.2) is 0 Å². The molecule has 0 aromatic rings. The molecule has 0 aromatic carbocycles. The maximum atomic E-state index is 11.2. The van der Waals surface area contributed by atoms with Gasteiger partial charge >= 0.3 is 12.1 Å². The largest absolute Gasteiger partial charge is 0.460 e. The SMILES string of the molecule is C=C(C)C(=O)OCCNC(=O)OCCOCC(C)CC.CCC(C)COCC1CC1. The summed E-state index contributed by atoms with van der Waals surface area (Å²) in [6, 6.07) is 0. The zero-order chi connectivity index (χ0) is 22.8. The highest BCUT2D eigenvalue weighted by Crippen LogP contribution is 2.28. The van der Waals surface area contributed by atoms with Crippen LogP contribution in [0.25, 0.3) is 0 Å². The van der Waals surface area contributed by atoms with Gasteiger partial charge in [-0.2, -0.15) is 0 Å². The molecule has 30 heavy (non-hydrogen) atoms. The summed E-state index contributed by atoms with van der Waals surface area (Å²) < 4.78 is 20.5. The van der Waals surface area contributed by atoms with Crippen molar-refractivity contribution in [2.45, 2.75) is 60.3 Å². The Kier molecular flexibility index (Phi) is 17.2. The number of ether oxygens (including phenoxy) is 4. The van der Waals surface area contributed by atoms with Gasteiger partial charge in [-0.15, -0.1) is 0 Å². The van der Waals surface area contributed by atoms with E-state index in [-0.39, 0.29) is 19.8 Å². The lowest BCUT2D eigenvalue weighted by molar-refractivity contribution is -0.138. The van der Waals surface area contributed by atoms with Crippen LogP contribution >= 0.6 is 0 Å². The second-order valence-corrected chi connectivity index (χ2v) is 8.06. The molecule has 0 saturated heterocycles. The average molecular weight is 430 g/mol. The molecule has 1 saturated carbocycles. The third kappa shape index (κ3) is 18.4. The molecule has 2 atom stereocenters. The van der Waals surface area contributed by atoms with E-state index in [4.69, 9.17) is 18.9 Å². The summed E-state index contributed by atoms with van der Waals surface area (Å²) in [5.41, 5.74) is 0.325. The Morgan fingerprint density at radius 2 is 1.57 bits per heavy atom. The van der Waals surface area contributed by atoms with Gasteiger partial charge in [-0.1, -0.05) is 47.1 Å². The summed E-state index contributed by atoms with van der Waals surface area (Å²) in [5, 5.41) is 2.46. The molecule has 7 heteroatoms. The highest BCUT2D eigenvalue weighted by atomic mass is 16.6. The number of esters is 1. The monoisotopic (exact) mass is 429 g/mol. The van der Waals surface area contributed by atoms with Crippen LogP contribution in [0.5, 0.6) is 0 Å². The summed E-state index contributed by atoms with van der Waals surface area (Å²) in [7, 11) is 0. The van der Waals surface area contributed by atoms with Crippen LogP contribution in [0, 0.1) is 17.8 Å². The molecule has 176 valence electrons. The van der Waals surface area contributed by atoms with Gasteiger partial charge in [0.25, 0.3) is 0 Å². The fourth-order valence-electron chi connectivity index (χ4n) is 1.90. The van der Waals surface area contributed by atoms with Crippen LogP contribution in [0.3, 0.4) is 0 Å². The van der Waals surface area contributed by atoms with E-state index in [1.165, 1.54) is 19.3 Å². The van der Waals surface area contributed by atoms with Crippen molar-refractivity contribution in [2.75, 3.05) is 46.2 Å². The molecule has 1 aliphatic carbocycles. The molecule has 1 aliphatic rings. The van der Waals surface area contributed by atoms with E-state index in [0.717, 1.165) is 31.5 Å². The van der Waals surface area contributed by atoms with Gasteiger partial charge in [0.1, 0.15) is 13.2 Å². The number of carbonyl (C=O) groups is 2. The highest BCUT2D eigenvalue weighted by Gasteiger charge is 2.21. The van der Waals surface area contributed by atoms with Gasteiger partial charge in [0.2, 0.25) is 0 Å². The minimum absolute atomic E-state index is 0.0886. The second kappa shape index (κ2) is 18.2. The summed E-state index contributed by atoms with van der Waals surface area (Å²) in [4.78, 5) is 22.3. The Hall–Kier alpha value is -1.60. The quantitative estimate of drug-likeness (QED) is 0.237. The van der Waals surface area contributed by atoms with Crippen LogP contribution in [0.1, 0.15) is 60.3 Å². The van der Waals surface area contributed by atoms with Gasteiger partial charge in [0.05, 0.1) is 13.2 Å². The molecule has 0 aliphatic heterocycles. The van der Waals surface area contributed by atoms with E-state index in [9.17, 15) is 9.59 Å². The molecule has 0 radical (unpaired) electrons. The van der Waals surface area contributed by atoms with Gasteiger partial charge in [-0.05, 0) is 37.5 Å². The van der Waals surface area contributed by atoms with Gasteiger partial charge in [-0.3, -0.25) is 0 Å². The van der Waals surface area contributed by atoms with Crippen LogP contribution < -0.4 is 5.32 Å². The van der Waals surface area contributed by atoms with Crippen LogP contribution in [0.15, 0.2) is 12.2 Å². The first-order valence-electron chi connectivity index (χ1n) is 11.2. The topological polar surface area (TPSA) is 83.1 Å². The second-order valence-electron chi connectivity index (χ2n) is 8.06. The minimum Gasteiger partial charge on any atom is -0.460 e. The zero-order valence-electron chi connectivity index (χ0n) is 19.7. The predicted molar refractivity (Wildman–Crippen MR) is 118 cm³/mol. The maximum Gasteiger partial charge on any atom is 0.407 e. The van der Waals surface area contributed by atoms with Crippen LogP contribution in [-0.4, -0.2) is 58.2 Å². The Balaban J connectivity index is 0.000000696. The molecular weight excluding hydrogens is 386 g/mol. The highest BCUT2D eigenvalue weighted by molar-refractivity contribution is 5.86. The Morgan fingerprint density at radius 1 is 0.967 bits per heavy atom. The number of carbonyl (C=O) groups excluding carboxylic acids is 2. The molecule has 1 rings (SSSR count). The molecule has 1 amide bonds. The van der Waals surface area contributed by atoms with Crippen LogP contribution in [-0.2, 0) is 23.7 Å². The van der Waals surface area contributed by atoms with Crippen molar-refractivity contribution in [3.05, 3.63) is 12.2 Å². The lowest BCUT2D eigenvalue weighted by Crippen LogP contribution is -2.29. The van der Waals surface area contributed by atoms with E-state index >= 15 is 0 Å². The van der Waals surface area contributed by atoms with E-state index < -0.39 is 12.1 Å². The summed E-state index contributed by atoms with van der Waals surface area (Å²) >= 11 is 0. The third-order valence-electron chi connectivity index (χ3n) is 4.66. The zero-order valence-corrected chi connectivity index (χ0v) is 19.7. The fourth-order valence-corrected chi connectivity index (χ4v) is 1.90. The Bertz CT molecular complexity index is 478. The van der Waals surface area contributed by atoms with Gasteiger partial charge in [0, 0.05) is 25.4 Å². The minimum atomic E-state index is -0.552. The molecule has 1 N–H and O–H groups in total. The Morgan fingerprint density at radius 3 is 2.10 bits per heavy atom. The summed E-state index contributed by atoms with van der Waals surface area (Å²) in [6.07, 6.45) is 4.55. The molecule has 7 nitrogen and oxygen atoms in total. The number of nitrogens with one attached hydrogen (secondary N) is 1. The predicted octanol–water partition coefficient (Wildman–Crippen LogP) is 4.35. The van der Waals surface area contributed by atoms with Crippen LogP contribution in [0.2, 0.25) is 0 Å². The molecular formula is C23H43NO6. The van der Waals surface area contributed by atoms with Gasteiger partial charge in [-0.25, -0.2) is 9.59 Å². The number of rotatable bonds is 15. The molecule has 0 aromatic heterocycles. The molecule has 1 fully saturated rings. The fraction of sp³-hybridized carbons (Fsp3) is 0.826. The maximum absolute atomic E-state index is 11.2. The first-order chi connectivity index (χ1) is 14.3. The normalized spacial score (nSPS) is 14.7. The van der Waals surface area contributed by atoms with Crippen molar-refractivity contribution in [1.82, 2.24) is 5.32 Å². The van der Waals surface area contributed by atoms with Crippen molar-refractivity contribution in [3.8, 4) is 0 Å². The third-order valence-corrected chi connectivity index (χ3v) is 4.66. The van der Waals surface area contributed by atoms with E-state index in [1.807, 2.05) is 0 Å². The summed E-state index contributed by atoms with van der Waals surface area (Å²) in [5.74, 6) is 1.70. The van der Waals surface area contributed by atoms with E-state index in [2.05, 4.69) is 39.6 Å². The van der Waals surface area contributed by atoms with Crippen molar-refractivity contribution >= 4 is 12.1 Å². The number of amides is 1. The average Bonchev–Trinajstić information content (AvgIpc) is 3.55. The van der Waals surface area contributed by atoms with Crippen molar-refractivity contribution in [1.29, 1.82) is 0 Å². The smallest absolute Gasteiger partial charge is 0.407 e. The van der Waals surface area contributed by atoms with Crippen molar-refractivity contribution < 1.29 is 28.5 Å². The Labute approximate surface area is 182 Å². The van der Waals surface area contributed by atoms with Crippen molar-refractivity contribution in [2.24, 2.45) is 17.8 Å². The molecule has 0 bridgehead atoms.